The van der Waals surface area contributed by atoms with Gasteiger partial charge in [0.15, 0.2) is 11.3 Å². The number of nitrogens with two attached hydrogens (primary N) is 2. The molecule has 6 rings (SSSR count). The van der Waals surface area contributed by atoms with E-state index in [0.29, 0.717) is 89.9 Å². The van der Waals surface area contributed by atoms with Crippen LogP contribution in [-0.4, -0.2) is 139 Å². The van der Waals surface area contributed by atoms with Crippen molar-refractivity contribution in [1.29, 1.82) is 0 Å². The summed E-state index contributed by atoms with van der Waals surface area (Å²) in [5.41, 5.74) is 21.4. The van der Waals surface area contributed by atoms with E-state index >= 15 is 0 Å². The molecule has 0 saturated carbocycles. The third kappa shape index (κ3) is 11.3. The minimum absolute atomic E-state index is 0.0536. The maximum absolute atomic E-state index is 13.8. The van der Waals surface area contributed by atoms with E-state index in [9.17, 15) is 19.2 Å². The number of primary amides is 1. The van der Waals surface area contributed by atoms with Gasteiger partial charge < -0.3 is 35.3 Å². The summed E-state index contributed by atoms with van der Waals surface area (Å²) in [5, 5.41) is 9.05. The number of aromatic nitrogens is 4. The molecule has 65 heavy (non-hydrogen) atoms. The fourth-order valence-corrected chi connectivity index (χ4v) is 7.60. The second-order valence-corrected chi connectivity index (χ2v) is 15.5. The number of hydrogen-bond donors (Lipinski definition) is 7. The topological polar surface area (TPSA) is 256 Å². The van der Waals surface area contributed by atoms with Crippen molar-refractivity contribution in [3.63, 3.8) is 0 Å². The van der Waals surface area contributed by atoms with Crippen LogP contribution in [0.25, 0.3) is 22.1 Å². The molecule has 0 radical (unpaired) electrons. The number of nitrogens with one attached hydrogen (secondary N) is 5. The SMILES string of the molecule is CCN=C(/C=C(/C)N)C(=O)Nc1[nH]c2cc(C(N)=O)cc(OCCCN3CCOCC3)c2[n+]1C/C=C/Cn1c(NC(=O)C2=CC(C)NN2CC)nc2cc(C(=O)N(C)NC)cc(OC)c21. The Balaban J connectivity index is 1.39. The van der Waals surface area contributed by atoms with E-state index in [4.69, 9.17) is 30.7 Å². The van der Waals surface area contributed by atoms with Crippen LogP contribution in [0, 0.1) is 0 Å². The lowest BCUT2D eigenvalue weighted by Gasteiger charge is -2.26. The highest BCUT2D eigenvalue weighted by atomic mass is 16.5. The van der Waals surface area contributed by atoms with Gasteiger partial charge in [-0.05, 0) is 70.5 Å². The van der Waals surface area contributed by atoms with Gasteiger partial charge in [-0.3, -0.25) is 34.6 Å². The van der Waals surface area contributed by atoms with E-state index in [1.165, 1.54) is 18.2 Å². The van der Waals surface area contributed by atoms with Crippen LogP contribution in [0.5, 0.6) is 11.5 Å². The molecule has 0 bridgehead atoms. The Bertz CT molecular complexity index is 2530. The number of aliphatic imine (C=N–C) groups is 1. The number of benzene rings is 2. The number of ether oxygens (including phenoxy) is 3. The smallest absolute Gasteiger partial charge is 0.363 e. The zero-order valence-electron chi connectivity index (χ0n) is 38.1. The van der Waals surface area contributed by atoms with Crippen LogP contribution in [0.1, 0.15) is 54.8 Å². The van der Waals surface area contributed by atoms with E-state index in [1.807, 2.05) is 43.6 Å². The molecule has 21 heteroatoms. The lowest BCUT2D eigenvalue weighted by Crippen LogP contribution is -2.38. The lowest BCUT2D eigenvalue weighted by atomic mass is 10.1. The summed E-state index contributed by atoms with van der Waals surface area (Å²) in [7, 11) is 4.75. The Morgan fingerprint density at radius 1 is 1.08 bits per heavy atom. The summed E-state index contributed by atoms with van der Waals surface area (Å²) < 4.78 is 21.3. The number of allylic oxidation sites excluding steroid dienone is 3. The fraction of sp³-hybridized carbons (Fsp3) is 0.432. The molecule has 2 aromatic carbocycles. The van der Waals surface area contributed by atoms with Gasteiger partial charge in [-0.15, -0.1) is 0 Å². The number of carbonyl (C=O) groups is 4. The maximum Gasteiger partial charge on any atom is 0.363 e. The average Bonchev–Trinajstić information content (AvgIpc) is 3.97. The van der Waals surface area contributed by atoms with Crippen LogP contribution >= 0.6 is 0 Å². The molecule has 0 aliphatic carbocycles. The number of imidazole rings is 2. The third-order valence-corrected chi connectivity index (χ3v) is 10.8. The molecular formula is C44H61N14O7+. The Morgan fingerprint density at radius 2 is 1.83 bits per heavy atom. The van der Waals surface area contributed by atoms with E-state index in [-0.39, 0.29) is 54.1 Å². The van der Waals surface area contributed by atoms with Crippen LogP contribution in [0.2, 0.25) is 0 Å². The van der Waals surface area contributed by atoms with Crippen LogP contribution in [-0.2, 0) is 27.4 Å². The second kappa shape index (κ2) is 21.7. The molecule has 4 amide bonds. The number of carbonyl (C=O) groups excluding carboxylic acids is 4. The first-order valence-electron chi connectivity index (χ1n) is 21.6. The molecule has 4 aromatic rings. The minimum atomic E-state index is -0.647. The van der Waals surface area contributed by atoms with Crippen molar-refractivity contribution in [3.8, 4) is 11.5 Å². The summed E-state index contributed by atoms with van der Waals surface area (Å²) >= 11 is 0. The Hall–Kier alpha value is -6.81. The normalized spacial score (nSPS) is 16.1. The summed E-state index contributed by atoms with van der Waals surface area (Å²) in [6.07, 6.45) is 7.81. The average molecular weight is 898 g/mol. The molecule has 1 fully saturated rings. The van der Waals surface area contributed by atoms with Crippen molar-refractivity contribution in [2.45, 2.75) is 53.2 Å². The predicted octanol–water partition coefficient (Wildman–Crippen LogP) is 1.79. The van der Waals surface area contributed by atoms with Crippen LogP contribution in [0.3, 0.4) is 0 Å². The number of methoxy groups -OCH3 is 1. The molecule has 9 N–H and O–H groups in total. The van der Waals surface area contributed by atoms with Gasteiger partial charge >= 0.3 is 11.9 Å². The number of anilines is 2. The molecule has 1 saturated heterocycles. The van der Waals surface area contributed by atoms with Gasteiger partial charge in [-0.25, -0.2) is 35.5 Å². The highest BCUT2D eigenvalue weighted by Crippen LogP contribution is 2.32. The molecule has 4 heterocycles. The quantitative estimate of drug-likeness (QED) is 0.0220. The molecule has 348 valence electrons. The Kier molecular flexibility index (Phi) is 15.9. The standard InChI is InChI=1S/C44H60N14O7/c1-8-48-33(21-27(3)45)40(60)51-43-49-31-23-29(39(46)59)25-36(65-18-12-13-55-16-19-64-20-17-55)38(31)57(43)15-11-10-14-56-37-32(24-30(26-35(37)63-7)42(62)54(6)47-5)50-44(56)52-41(61)34-22-28(4)53-58(34)9-2/h10-11,21-26,28,47,53H,8-9,12-20H2,1-7H3,(H6,45,46,48,49,50,51,52,59,60,61)/p+1/b11-10+. The van der Waals surface area contributed by atoms with Gasteiger partial charge in [0.25, 0.3) is 11.8 Å². The summed E-state index contributed by atoms with van der Waals surface area (Å²) in [5.74, 6) is -0.586. The third-order valence-electron chi connectivity index (χ3n) is 10.8. The predicted molar refractivity (Wildman–Crippen MR) is 247 cm³/mol. The zero-order valence-corrected chi connectivity index (χ0v) is 38.1. The molecule has 2 aliphatic heterocycles. The monoisotopic (exact) mass is 897 g/mol. The van der Waals surface area contributed by atoms with Gasteiger partial charge in [0.05, 0.1) is 39.0 Å². The van der Waals surface area contributed by atoms with E-state index in [0.717, 1.165) is 19.6 Å². The number of H-pyrrole nitrogens is 1. The number of aromatic amines is 1. The molecule has 1 unspecified atom stereocenters. The zero-order chi connectivity index (χ0) is 46.8. The lowest BCUT2D eigenvalue weighted by molar-refractivity contribution is -0.646. The van der Waals surface area contributed by atoms with Gasteiger partial charge in [0.2, 0.25) is 11.9 Å². The van der Waals surface area contributed by atoms with Crippen molar-refractivity contribution in [1.82, 2.24) is 40.3 Å². The van der Waals surface area contributed by atoms with Gasteiger partial charge in [-0.2, -0.15) is 0 Å². The molecule has 2 aromatic heterocycles. The fourth-order valence-electron chi connectivity index (χ4n) is 7.60. The van der Waals surface area contributed by atoms with Gasteiger partial charge in [0.1, 0.15) is 28.2 Å². The largest absolute Gasteiger partial charge is 0.494 e. The highest BCUT2D eigenvalue weighted by molar-refractivity contribution is 6.47. The number of fused-ring (bicyclic) bond motifs is 2. The molecule has 21 nitrogen and oxygen atoms in total. The van der Waals surface area contributed by atoms with Crippen molar-refractivity contribution < 1.29 is 38.0 Å². The van der Waals surface area contributed by atoms with Crippen molar-refractivity contribution in [2.75, 3.05) is 84.4 Å². The van der Waals surface area contributed by atoms with E-state index < -0.39 is 11.8 Å². The first kappa shape index (κ1) is 47.7. The number of hydrazine groups is 2. The van der Waals surface area contributed by atoms with Crippen molar-refractivity contribution >= 4 is 63.3 Å². The summed E-state index contributed by atoms with van der Waals surface area (Å²) in [6, 6.07) is 6.44. The maximum atomic E-state index is 13.8. The molecule has 2 aliphatic rings. The second-order valence-electron chi connectivity index (χ2n) is 15.5. The number of likely N-dealkylation sites (N-methyl/N-ethyl adjacent to an activating group) is 1. The first-order valence-corrected chi connectivity index (χ1v) is 21.6. The first-order chi connectivity index (χ1) is 31.3. The van der Waals surface area contributed by atoms with Crippen molar-refractivity contribution in [3.05, 3.63) is 71.1 Å². The molecule has 1 atom stereocenters. The Labute approximate surface area is 377 Å². The minimum Gasteiger partial charge on any atom is -0.494 e. The van der Waals surface area contributed by atoms with Crippen LogP contribution in [0.15, 0.2) is 65.0 Å². The summed E-state index contributed by atoms with van der Waals surface area (Å²) in [4.78, 5) is 68.2. The number of rotatable bonds is 20. The number of nitrogens with zero attached hydrogens (tertiary/aromatic N) is 7. The Morgan fingerprint density at radius 3 is 2.51 bits per heavy atom. The number of amides is 4. The van der Waals surface area contributed by atoms with Gasteiger partial charge in [-0.1, -0.05) is 12.2 Å². The highest BCUT2D eigenvalue weighted by Gasteiger charge is 2.29. The van der Waals surface area contributed by atoms with Crippen LogP contribution in [0.4, 0.5) is 11.9 Å². The summed E-state index contributed by atoms with van der Waals surface area (Å²) in [6.45, 7) is 12.8. The molecule has 0 spiro atoms. The van der Waals surface area contributed by atoms with Gasteiger partial charge in [0, 0.05) is 76.2 Å². The van der Waals surface area contributed by atoms with E-state index in [1.54, 1.807) is 54.9 Å². The molecular weight excluding hydrogens is 837 g/mol. The van der Waals surface area contributed by atoms with E-state index in [2.05, 4.69) is 36.4 Å². The number of morpholine rings is 1. The van der Waals surface area contributed by atoms with Crippen molar-refractivity contribution in [2.24, 2.45) is 16.5 Å². The number of hydrogen-bond acceptors (Lipinski definition) is 14. The van der Waals surface area contributed by atoms with Crippen LogP contribution < -0.4 is 47.0 Å².